The van der Waals surface area contributed by atoms with Crippen LogP contribution in [0, 0.1) is 6.92 Å². The van der Waals surface area contributed by atoms with Gasteiger partial charge in [-0.15, -0.1) is 0 Å². The maximum atomic E-state index is 13.8. The van der Waals surface area contributed by atoms with E-state index >= 15 is 0 Å². The number of nitrogens with zero attached hydrogens (tertiary/aromatic N) is 4. The Hall–Kier alpha value is -4.46. The SMILES string of the molecule is Cc1c(C=Nn2c(-c3cc4cc(Cl)ccc4o3)nc3ccccc3c2=O)c2ccccc2n1Cc1ccc(Br)cc1. The van der Waals surface area contributed by atoms with Gasteiger partial charge in [0.1, 0.15) is 5.58 Å². The van der Waals surface area contributed by atoms with E-state index in [9.17, 15) is 4.79 Å². The monoisotopic (exact) mass is 620 g/mol. The molecule has 7 rings (SSSR count). The number of rotatable bonds is 5. The summed E-state index contributed by atoms with van der Waals surface area (Å²) in [6, 6.07) is 31.0. The summed E-state index contributed by atoms with van der Waals surface area (Å²) in [5, 5.41) is 7.68. The van der Waals surface area contributed by atoms with Gasteiger partial charge in [0, 0.05) is 43.6 Å². The molecule has 0 fully saturated rings. The second-order valence-corrected chi connectivity index (χ2v) is 11.2. The Morgan fingerprint density at radius 3 is 2.54 bits per heavy atom. The average Bonchev–Trinajstić information content (AvgIpc) is 3.52. The van der Waals surface area contributed by atoms with Crippen molar-refractivity contribution in [3.63, 3.8) is 0 Å². The third kappa shape index (κ3) is 4.57. The number of halogens is 2. The lowest BCUT2D eigenvalue weighted by atomic mass is 10.1. The molecule has 0 N–H and O–H groups in total. The van der Waals surface area contributed by atoms with Gasteiger partial charge in [-0.25, -0.2) is 4.98 Å². The van der Waals surface area contributed by atoms with Gasteiger partial charge in [0.2, 0.25) is 5.82 Å². The van der Waals surface area contributed by atoms with Crippen molar-refractivity contribution in [2.45, 2.75) is 13.5 Å². The lowest BCUT2D eigenvalue weighted by Crippen LogP contribution is -2.20. The quantitative estimate of drug-likeness (QED) is 0.181. The summed E-state index contributed by atoms with van der Waals surface area (Å²) >= 11 is 9.73. The Morgan fingerprint density at radius 1 is 0.951 bits per heavy atom. The van der Waals surface area contributed by atoms with Crippen molar-refractivity contribution < 1.29 is 4.42 Å². The van der Waals surface area contributed by atoms with Crippen LogP contribution < -0.4 is 5.56 Å². The molecule has 41 heavy (non-hydrogen) atoms. The molecular formula is C33H22BrClN4O2. The number of fused-ring (bicyclic) bond motifs is 3. The third-order valence-corrected chi connectivity index (χ3v) is 8.05. The van der Waals surface area contributed by atoms with E-state index in [2.05, 4.69) is 51.7 Å². The van der Waals surface area contributed by atoms with Gasteiger partial charge >= 0.3 is 0 Å². The highest BCUT2D eigenvalue weighted by atomic mass is 79.9. The van der Waals surface area contributed by atoms with E-state index in [4.69, 9.17) is 26.1 Å². The van der Waals surface area contributed by atoms with Crippen molar-refractivity contribution in [1.82, 2.24) is 14.2 Å². The van der Waals surface area contributed by atoms with Gasteiger partial charge in [-0.3, -0.25) is 4.79 Å². The third-order valence-electron chi connectivity index (χ3n) is 7.29. The molecule has 8 heteroatoms. The van der Waals surface area contributed by atoms with Gasteiger partial charge in [-0.1, -0.05) is 70.0 Å². The summed E-state index contributed by atoms with van der Waals surface area (Å²) in [5.41, 5.74) is 5.18. The normalized spacial score (nSPS) is 11.9. The maximum Gasteiger partial charge on any atom is 0.282 e. The van der Waals surface area contributed by atoms with Crippen LogP contribution in [0.15, 0.2) is 116 Å². The summed E-state index contributed by atoms with van der Waals surface area (Å²) in [4.78, 5) is 18.6. The van der Waals surface area contributed by atoms with Crippen molar-refractivity contribution in [3.8, 4) is 11.6 Å². The first-order chi connectivity index (χ1) is 20.0. The van der Waals surface area contributed by atoms with Crippen LogP contribution in [0.2, 0.25) is 5.02 Å². The van der Waals surface area contributed by atoms with Gasteiger partial charge in [0.15, 0.2) is 5.76 Å². The largest absolute Gasteiger partial charge is 0.453 e. The second kappa shape index (κ2) is 10.2. The topological polar surface area (TPSA) is 65.3 Å². The highest BCUT2D eigenvalue weighted by molar-refractivity contribution is 9.10. The Balaban J connectivity index is 1.40. The van der Waals surface area contributed by atoms with Crippen LogP contribution in [0.25, 0.3) is 44.4 Å². The van der Waals surface area contributed by atoms with Crippen LogP contribution in [0.1, 0.15) is 16.8 Å². The molecule has 0 unspecified atom stereocenters. The van der Waals surface area contributed by atoms with E-state index in [1.807, 2.05) is 54.6 Å². The van der Waals surface area contributed by atoms with Crippen LogP contribution in [0.5, 0.6) is 0 Å². The minimum atomic E-state index is -0.281. The zero-order valence-electron chi connectivity index (χ0n) is 21.9. The van der Waals surface area contributed by atoms with Gasteiger partial charge < -0.3 is 8.98 Å². The molecule has 0 atom stereocenters. The molecule has 200 valence electrons. The first-order valence-corrected chi connectivity index (χ1v) is 14.2. The van der Waals surface area contributed by atoms with E-state index in [1.165, 1.54) is 10.2 Å². The molecule has 0 radical (unpaired) electrons. The van der Waals surface area contributed by atoms with Crippen molar-refractivity contribution >= 4 is 66.5 Å². The molecule has 0 saturated carbocycles. The van der Waals surface area contributed by atoms with Gasteiger partial charge in [-0.2, -0.15) is 9.78 Å². The lowest BCUT2D eigenvalue weighted by molar-refractivity contribution is 0.616. The van der Waals surface area contributed by atoms with E-state index < -0.39 is 0 Å². The molecule has 0 aliphatic heterocycles. The van der Waals surface area contributed by atoms with Crippen molar-refractivity contribution in [2.75, 3.05) is 0 Å². The second-order valence-electron chi connectivity index (χ2n) is 9.84. The molecule has 3 heterocycles. The zero-order valence-corrected chi connectivity index (χ0v) is 24.2. The molecule has 0 saturated heterocycles. The molecule has 0 spiro atoms. The van der Waals surface area contributed by atoms with E-state index in [0.29, 0.717) is 39.6 Å². The van der Waals surface area contributed by atoms with E-state index in [1.54, 1.807) is 24.4 Å². The van der Waals surface area contributed by atoms with E-state index in [0.717, 1.165) is 32.0 Å². The van der Waals surface area contributed by atoms with Gasteiger partial charge in [-0.05, 0) is 67.1 Å². The number of furan rings is 1. The first kappa shape index (κ1) is 25.5. The standard InChI is InChI=1S/C33H22BrClN4O2/c1-20-27(25-6-3-5-9-29(25)38(20)19-21-10-12-23(34)13-11-21)18-36-39-32(37-28-8-4-2-7-26(28)33(39)40)31-17-22-16-24(35)14-15-30(22)41-31/h2-18H,19H2,1H3. The van der Waals surface area contributed by atoms with Gasteiger partial charge in [0.25, 0.3) is 5.56 Å². The van der Waals surface area contributed by atoms with Crippen molar-refractivity contribution in [3.05, 3.63) is 134 Å². The summed E-state index contributed by atoms with van der Waals surface area (Å²) in [7, 11) is 0. The van der Waals surface area contributed by atoms with Crippen LogP contribution in [0.4, 0.5) is 0 Å². The fraction of sp³-hybridized carbons (Fsp3) is 0.0606. The van der Waals surface area contributed by atoms with Crippen LogP contribution in [0.3, 0.4) is 0 Å². The number of benzene rings is 4. The predicted molar refractivity (Wildman–Crippen MR) is 169 cm³/mol. The highest BCUT2D eigenvalue weighted by Gasteiger charge is 2.18. The fourth-order valence-corrected chi connectivity index (χ4v) is 5.67. The highest BCUT2D eigenvalue weighted by Crippen LogP contribution is 2.30. The smallest absolute Gasteiger partial charge is 0.282 e. The summed E-state index contributed by atoms with van der Waals surface area (Å²) in [6.07, 6.45) is 1.75. The molecular weight excluding hydrogens is 600 g/mol. The van der Waals surface area contributed by atoms with Crippen molar-refractivity contribution in [2.24, 2.45) is 5.10 Å². The number of hydrogen-bond donors (Lipinski definition) is 0. The summed E-state index contributed by atoms with van der Waals surface area (Å²) < 4.78 is 10.7. The van der Waals surface area contributed by atoms with Crippen molar-refractivity contribution in [1.29, 1.82) is 0 Å². The first-order valence-electron chi connectivity index (χ1n) is 13.0. The molecule has 3 aromatic heterocycles. The molecule has 0 bridgehead atoms. The Labute approximate surface area is 248 Å². The number of para-hydroxylation sites is 2. The maximum absolute atomic E-state index is 13.8. The van der Waals surface area contributed by atoms with Crippen LogP contribution >= 0.6 is 27.5 Å². The summed E-state index contributed by atoms with van der Waals surface area (Å²) in [5.74, 6) is 0.741. The molecule has 0 aliphatic carbocycles. The Kier molecular flexibility index (Phi) is 6.33. The summed E-state index contributed by atoms with van der Waals surface area (Å²) in [6.45, 7) is 2.78. The number of aromatic nitrogens is 3. The number of hydrogen-bond acceptors (Lipinski definition) is 4. The Bertz CT molecular complexity index is 2190. The molecule has 0 amide bonds. The fourth-order valence-electron chi connectivity index (χ4n) is 5.23. The predicted octanol–water partition coefficient (Wildman–Crippen LogP) is 8.42. The van der Waals surface area contributed by atoms with Crippen LogP contribution in [-0.2, 0) is 6.54 Å². The zero-order chi connectivity index (χ0) is 28.1. The lowest BCUT2D eigenvalue weighted by Gasteiger charge is -2.09. The van der Waals surface area contributed by atoms with Crippen LogP contribution in [-0.4, -0.2) is 20.4 Å². The molecule has 7 aromatic rings. The Morgan fingerprint density at radius 2 is 1.71 bits per heavy atom. The average molecular weight is 622 g/mol. The van der Waals surface area contributed by atoms with Gasteiger partial charge in [0.05, 0.1) is 17.1 Å². The molecule has 6 nitrogen and oxygen atoms in total. The molecule has 0 aliphatic rings. The minimum Gasteiger partial charge on any atom is -0.453 e. The molecule has 4 aromatic carbocycles. The minimum absolute atomic E-state index is 0.281. The van der Waals surface area contributed by atoms with E-state index in [-0.39, 0.29) is 5.56 Å².